The Hall–Kier alpha value is -2.94. The number of rotatable bonds is 5. The molecule has 2 aromatic rings. The van der Waals surface area contributed by atoms with Crippen LogP contribution in [0.15, 0.2) is 36.8 Å². The zero-order valence-corrected chi connectivity index (χ0v) is 13.8. The molecule has 0 unspecified atom stereocenters. The summed E-state index contributed by atoms with van der Waals surface area (Å²) in [7, 11) is 0. The monoisotopic (exact) mass is 343 g/mol. The van der Waals surface area contributed by atoms with E-state index in [2.05, 4.69) is 20.7 Å². The molecule has 4 N–H and O–H groups in total. The first-order valence-electron chi connectivity index (χ1n) is 8.14. The van der Waals surface area contributed by atoms with Crippen LogP contribution in [0.25, 0.3) is 5.82 Å². The van der Waals surface area contributed by atoms with Gasteiger partial charge in [-0.25, -0.2) is 14.5 Å². The number of anilines is 1. The van der Waals surface area contributed by atoms with Crippen LogP contribution in [0, 0.1) is 0 Å². The molecule has 0 aromatic carbocycles. The molecule has 1 fully saturated rings. The Kier molecular flexibility index (Phi) is 5.24. The second-order valence-electron chi connectivity index (χ2n) is 5.97. The van der Waals surface area contributed by atoms with Gasteiger partial charge in [-0.3, -0.25) is 9.69 Å². The number of amides is 3. The van der Waals surface area contributed by atoms with E-state index in [1.54, 1.807) is 35.4 Å². The Morgan fingerprint density at radius 3 is 2.68 bits per heavy atom. The number of likely N-dealkylation sites (tertiary alicyclic amines) is 1. The van der Waals surface area contributed by atoms with Gasteiger partial charge in [0.2, 0.25) is 5.91 Å². The van der Waals surface area contributed by atoms with Crippen LogP contribution in [0.2, 0.25) is 0 Å². The number of primary amides is 1. The van der Waals surface area contributed by atoms with Gasteiger partial charge in [-0.2, -0.15) is 5.10 Å². The lowest BCUT2D eigenvalue weighted by atomic mass is 10.1. The van der Waals surface area contributed by atoms with E-state index in [4.69, 9.17) is 5.73 Å². The van der Waals surface area contributed by atoms with Gasteiger partial charge in [0.05, 0.1) is 18.4 Å². The summed E-state index contributed by atoms with van der Waals surface area (Å²) in [5, 5.41) is 9.82. The van der Waals surface area contributed by atoms with Crippen molar-refractivity contribution < 1.29 is 9.59 Å². The van der Waals surface area contributed by atoms with Crippen LogP contribution < -0.4 is 16.4 Å². The Morgan fingerprint density at radius 2 is 2.08 bits per heavy atom. The van der Waals surface area contributed by atoms with Crippen LogP contribution >= 0.6 is 0 Å². The summed E-state index contributed by atoms with van der Waals surface area (Å²) in [5.41, 5.74) is 5.81. The van der Waals surface area contributed by atoms with E-state index in [0.29, 0.717) is 11.5 Å². The molecule has 9 nitrogen and oxygen atoms in total. The summed E-state index contributed by atoms with van der Waals surface area (Å²) >= 11 is 0. The summed E-state index contributed by atoms with van der Waals surface area (Å²) in [4.78, 5) is 29.3. The molecule has 9 heteroatoms. The highest BCUT2D eigenvalue weighted by molar-refractivity contribution is 5.89. The number of nitrogens with zero attached hydrogens (tertiary/aromatic N) is 4. The smallest absolute Gasteiger partial charge is 0.319 e. The van der Waals surface area contributed by atoms with Crippen molar-refractivity contribution in [2.45, 2.75) is 18.9 Å². The van der Waals surface area contributed by atoms with Crippen molar-refractivity contribution in [1.82, 2.24) is 25.0 Å². The predicted octanol–water partition coefficient (Wildman–Crippen LogP) is 0.338. The Bertz CT molecular complexity index is 707. The lowest BCUT2D eigenvalue weighted by Gasteiger charge is -2.31. The van der Waals surface area contributed by atoms with E-state index < -0.39 is 0 Å². The third-order valence-corrected chi connectivity index (χ3v) is 4.05. The van der Waals surface area contributed by atoms with E-state index in [1.807, 2.05) is 11.0 Å². The van der Waals surface area contributed by atoms with E-state index in [0.717, 1.165) is 25.9 Å². The number of aromatic nitrogens is 3. The SMILES string of the molecule is NC(=O)CN1CCC(NC(=O)Nc2ccc(-n3cccn3)nc2)CC1. The van der Waals surface area contributed by atoms with Gasteiger partial charge in [0, 0.05) is 31.5 Å². The fourth-order valence-electron chi connectivity index (χ4n) is 2.81. The Labute approximate surface area is 145 Å². The molecule has 132 valence electrons. The molecule has 0 bridgehead atoms. The third-order valence-electron chi connectivity index (χ3n) is 4.05. The number of nitrogens with one attached hydrogen (secondary N) is 2. The van der Waals surface area contributed by atoms with E-state index in [9.17, 15) is 9.59 Å². The van der Waals surface area contributed by atoms with Crippen molar-refractivity contribution in [1.29, 1.82) is 0 Å². The summed E-state index contributed by atoms with van der Waals surface area (Å²) in [6, 6.07) is 5.20. The van der Waals surface area contributed by atoms with Crippen molar-refractivity contribution in [3.8, 4) is 5.82 Å². The maximum absolute atomic E-state index is 12.1. The van der Waals surface area contributed by atoms with Gasteiger partial charge in [0.1, 0.15) is 0 Å². The highest BCUT2D eigenvalue weighted by Gasteiger charge is 2.21. The molecule has 25 heavy (non-hydrogen) atoms. The summed E-state index contributed by atoms with van der Waals surface area (Å²) < 4.78 is 1.64. The molecular formula is C16H21N7O2. The lowest BCUT2D eigenvalue weighted by Crippen LogP contribution is -2.47. The molecule has 2 aromatic heterocycles. The highest BCUT2D eigenvalue weighted by Crippen LogP contribution is 2.12. The van der Waals surface area contributed by atoms with Crippen LogP contribution in [-0.2, 0) is 4.79 Å². The molecule has 1 aliphatic heterocycles. The van der Waals surface area contributed by atoms with Gasteiger partial charge in [0.15, 0.2) is 5.82 Å². The first-order valence-corrected chi connectivity index (χ1v) is 8.14. The standard InChI is InChI=1S/C16H21N7O2/c17-14(24)11-22-8-4-12(5-9-22)20-16(25)21-13-2-3-15(18-10-13)23-7-1-6-19-23/h1-3,6-7,10,12H,4-5,8-9,11H2,(H2,17,24)(H2,20,21,25). The molecule has 3 amide bonds. The van der Waals surface area contributed by atoms with Crippen LogP contribution in [0.1, 0.15) is 12.8 Å². The molecule has 0 aliphatic carbocycles. The first kappa shape index (κ1) is 16.9. The number of urea groups is 1. The molecular weight excluding hydrogens is 322 g/mol. The number of hydrogen-bond donors (Lipinski definition) is 3. The van der Waals surface area contributed by atoms with E-state index in [-0.39, 0.29) is 24.5 Å². The van der Waals surface area contributed by atoms with Crippen molar-refractivity contribution in [2.75, 3.05) is 25.0 Å². The quantitative estimate of drug-likeness (QED) is 0.723. The molecule has 3 heterocycles. The van der Waals surface area contributed by atoms with Crippen molar-refractivity contribution in [3.63, 3.8) is 0 Å². The number of piperidine rings is 1. The number of carbonyl (C=O) groups excluding carboxylic acids is 2. The third kappa shape index (κ3) is 4.77. The first-order chi connectivity index (χ1) is 12.1. The predicted molar refractivity (Wildman–Crippen MR) is 92.2 cm³/mol. The molecule has 1 aliphatic rings. The summed E-state index contributed by atoms with van der Waals surface area (Å²) in [5.74, 6) is 0.355. The molecule has 0 radical (unpaired) electrons. The lowest BCUT2D eigenvalue weighted by molar-refractivity contribution is -0.119. The average Bonchev–Trinajstić information content (AvgIpc) is 3.11. The zero-order valence-electron chi connectivity index (χ0n) is 13.8. The normalized spacial score (nSPS) is 15.7. The number of carbonyl (C=O) groups is 2. The minimum Gasteiger partial charge on any atom is -0.369 e. The molecule has 0 atom stereocenters. The van der Waals surface area contributed by atoms with E-state index >= 15 is 0 Å². The Morgan fingerprint density at radius 1 is 1.28 bits per heavy atom. The molecule has 0 saturated carbocycles. The number of pyridine rings is 1. The van der Waals surface area contributed by atoms with Crippen LogP contribution in [0.5, 0.6) is 0 Å². The van der Waals surface area contributed by atoms with Crippen molar-refractivity contribution in [3.05, 3.63) is 36.8 Å². The van der Waals surface area contributed by atoms with E-state index in [1.165, 1.54) is 0 Å². The Balaban J connectivity index is 1.46. The van der Waals surface area contributed by atoms with Gasteiger partial charge in [-0.05, 0) is 31.0 Å². The maximum atomic E-state index is 12.1. The molecule has 1 saturated heterocycles. The minimum absolute atomic E-state index is 0.0837. The van der Waals surface area contributed by atoms with Crippen molar-refractivity contribution in [2.24, 2.45) is 5.73 Å². The maximum Gasteiger partial charge on any atom is 0.319 e. The highest BCUT2D eigenvalue weighted by atomic mass is 16.2. The average molecular weight is 343 g/mol. The van der Waals surface area contributed by atoms with Gasteiger partial charge in [-0.1, -0.05) is 0 Å². The second-order valence-corrected chi connectivity index (χ2v) is 5.97. The van der Waals surface area contributed by atoms with Crippen LogP contribution in [0.4, 0.5) is 10.5 Å². The van der Waals surface area contributed by atoms with Crippen LogP contribution in [-0.4, -0.2) is 57.3 Å². The van der Waals surface area contributed by atoms with Gasteiger partial charge < -0.3 is 16.4 Å². The minimum atomic E-state index is -0.324. The fraction of sp³-hybridized carbons (Fsp3) is 0.375. The second kappa shape index (κ2) is 7.75. The molecule has 0 spiro atoms. The number of nitrogens with two attached hydrogens (primary N) is 1. The summed E-state index contributed by atoms with van der Waals surface area (Å²) in [6.07, 6.45) is 6.64. The largest absolute Gasteiger partial charge is 0.369 e. The van der Waals surface area contributed by atoms with Gasteiger partial charge in [0.25, 0.3) is 0 Å². The van der Waals surface area contributed by atoms with Gasteiger partial charge >= 0.3 is 6.03 Å². The topological polar surface area (TPSA) is 118 Å². The molecule has 3 rings (SSSR count). The van der Waals surface area contributed by atoms with Gasteiger partial charge in [-0.15, -0.1) is 0 Å². The number of hydrogen-bond acceptors (Lipinski definition) is 5. The summed E-state index contributed by atoms with van der Waals surface area (Å²) in [6.45, 7) is 1.76. The van der Waals surface area contributed by atoms with Crippen molar-refractivity contribution >= 4 is 17.6 Å². The fourth-order valence-corrected chi connectivity index (χ4v) is 2.81. The zero-order chi connectivity index (χ0) is 17.6. The van der Waals surface area contributed by atoms with Crippen LogP contribution in [0.3, 0.4) is 0 Å².